The van der Waals surface area contributed by atoms with Gasteiger partial charge >= 0.3 is 11.8 Å². The Balaban J connectivity index is 1.39. The zero-order valence-corrected chi connectivity index (χ0v) is 15.5. The fourth-order valence-electron chi connectivity index (χ4n) is 2.72. The molecule has 8 nitrogen and oxygen atoms in total. The Morgan fingerprint density at radius 2 is 2.00 bits per heavy atom. The number of anilines is 1. The number of nitrogens with zero attached hydrogens (tertiary/aromatic N) is 2. The molecular weight excluding hydrogens is 380 g/mol. The van der Waals surface area contributed by atoms with Crippen LogP contribution in [0.4, 0.5) is 5.69 Å². The molecule has 0 saturated heterocycles. The molecule has 28 heavy (non-hydrogen) atoms. The lowest BCUT2D eigenvalue weighted by Gasteiger charge is -2.05. The molecule has 0 bridgehead atoms. The average molecular weight is 396 g/mol. The van der Waals surface area contributed by atoms with Crippen molar-refractivity contribution in [3.8, 4) is 0 Å². The van der Waals surface area contributed by atoms with Gasteiger partial charge in [-0.1, -0.05) is 29.5 Å². The second-order valence-electron chi connectivity index (χ2n) is 6.04. The van der Waals surface area contributed by atoms with E-state index < -0.39 is 11.8 Å². The van der Waals surface area contributed by atoms with E-state index in [4.69, 9.17) is 4.42 Å². The van der Waals surface area contributed by atoms with Gasteiger partial charge < -0.3 is 15.1 Å². The van der Waals surface area contributed by atoms with Crippen LogP contribution in [0.2, 0.25) is 0 Å². The highest BCUT2D eigenvalue weighted by Gasteiger charge is 2.14. The first-order valence-electron chi connectivity index (χ1n) is 8.59. The summed E-state index contributed by atoms with van der Waals surface area (Å²) in [6.45, 7) is 1.31. The van der Waals surface area contributed by atoms with Crippen LogP contribution in [0.3, 0.4) is 0 Å². The fourth-order valence-corrected chi connectivity index (χ4v) is 3.73. The molecule has 0 spiro atoms. The first kappa shape index (κ1) is 17.9. The molecule has 0 fully saturated rings. The Hall–Kier alpha value is -3.46. The first-order chi connectivity index (χ1) is 13.6. The van der Waals surface area contributed by atoms with Gasteiger partial charge in [-0.05, 0) is 24.3 Å². The molecular formula is C19H16N4O4S. The van der Waals surface area contributed by atoms with Crippen LogP contribution in [0.1, 0.15) is 11.5 Å². The number of amides is 2. The van der Waals surface area contributed by atoms with Crippen LogP contribution in [0.15, 0.2) is 56.7 Å². The Morgan fingerprint density at radius 3 is 2.79 bits per heavy atom. The van der Waals surface area contributed by atoms with Crippen molar-refractivity contribution in [2.75, 3.05) is 11.9 Å². The van der Waals surface area contributed by atoms with Crippen LogP contribution in [0.25, 0.3) is 6.08 Å². The van der Waals surface area contributed by atoms with E-state index in [2.05, 4.69) is 15.6 Å². The lowest BCUT2D eigenvalue weighted by atomic mass is 10.3. The number of para-hydroxylation sites is 1. The standard InChI is InChI=1S/C19H16N4O4S/c24-16(17(25)22-12-4-2-1-3-5-12)21-11-14-7-6-13(27-14)10-15-18(26)23-9-8-20-19(23)28-15/h1-7,10H,8-9,11H2,(H,21,24)(H,22,25)/b15-10-. The summed E-state index contributed by atoms with van der Waals surface area (Å²) in [5, 5.41) is 5.01. The van der Waals surface area contributed by atoms with Crippen molar-refractivity contribution >= 4 is 34.9 Å². The molecule has 0 radical (unpaired) electrons. The molecule has 0 atom stereocenters. The van der Waals surface area contributed by atoms with Gasteiger partial charge in [-0.2, -0.15) is 0 Å². The summed E-state index contributed by atoms with van der Waals surface area (Å²) in [7, 11) is 0. The van der Waals surface area contributed by atoms with Gasteiger partial charge in [0.1, 0.15) is 11.5 Å². The van der Waals surface area contributed by atoms with Gasteiger partial charge in [-0.25, -0.2) is 0 Å². The number of furan rings is 1. The highest BCUT2D eigenvalue weighted by molar-refractivity contribution is 7.07. The van der Waals surface area contributed by atoms with Crippen LogP contribution in [0.5, 0.6) is 0 Å². The maximum absolute atomic E-state index is 12.3. The normalized spacial score (nSPS) is 13.1. The summed E-state index contributed by atoms with van der Waals surface area (Å²) in [5.74, 6) is -0.550. The lowest BCUT2D eigenvalue weighted by molar-refractivity contribution is -0.136. The van der Waals surface area contributed by atoms with E-state index >= 15 is 0 Å². The predicted octanol–water partition coefficient (Wildman–Crippen LogP) is 0.220. The second kappa shape index (κ2) is 7.65. The molecule has 1 aliphatic rings. The van der Waals surface area contributed by atoms with Crippen LogP contribution >= 0.6 is 11.3 Å². The average Bonchev–Trinajstić information content (AvgIpc) is 3.40. The molecule has 2 amide bonds. The largest absolute Gasteiger partial charge is 0.460 e. The number of carbonyl (C=O) groups is 2. The Bertz CT molecular complexity index is 1210. The van der Waals surface area contributed by atoms with E-state index in [1.54, 1.807) is 47.0 Å². The Labute approximate surface area is 162 Å². The molecule has 2 aromatic heterocycles. The monoisotopic (exact) mass is 396 g/mol. The minimum Gasteiger partial charge on any atom is -0.460 e. The maximum Gasteiger partial charge on any atom is 0.313 e. The van der Waals surface area contributed by atoms with Gasteiger partial charge in [0, 0.05) is 18.3 Å². The number of benzene rings is 1. The van der Waals surface area contributed by atoms with E-state index in [-0.39, 0.29) is 12.1 Å². The van der Waals surface area contributed by atoms with Gasteiger partial charge in [0.2, 0.25) is 0 Å². The highest BCUT2D eigenvalue weighted by atomic mass is 32.1. The molecule has 0 aliphatic carbocycles. The summed E-state index contributed by atoms with van der Waals surface area (Å²) in [4.78, 5) is 41.0. The number of hydrogen-bond donors (Lipinski definition) is 2. The minimum atomic E-state index is -0.764. The summed E-state index contributed by atoms with van der Waals surface area (Å²) in [5.41, 5.74) is 0.462. The first-order valence-corrected chi connectivity index (χ1v) is 9.40. The molecule has 3 heterocycles. The molecule has 0 saturated carbocycles. The van der Waals surface area contributed by atoms with E-state index in [1.807, 2.05) is 6.07 Å². The SMILES string of the molecule is O=C(NCc1ccc(/C=c2\sc3n(c2=O)CCN=3)o1)C(=O)Nc1ccccc1. The molecule has 9 heteroatoms. The van der Waals surface area contributed by atoms with Gasteiger partial charge in [0.15, 0.2) is 4.80 Å². The molecule has 1 aromatic carbocycles. The van der Waals surface area contributed by atoms with Crippen molar-refractivity contribution in [3.63, 3.8) is 0 Å². The number of hydrogen-bond acceptors (Lipinski definition) is 6. The molecule has 2 N–H and O–H groups in total. The number of carbonyl (C=O) groups excluding carboxylic acids is 2. The van der Waals surface area contributed by atoms with Gasteiger partial charge in [-0.3, -0.25) is 23.9 Å². The number of nitrogens with one attached hydrogen (secondary N) is 2. The predicted molar refractivity (Wildman–Crippen MR) is 103 cm³/mol. The minimum absolute atomic E-state index is 0.0597. The lowest BCUT2D eigenvalue weighted by Crippen LogP contribution is -2.34. The molecule has 142 valence electrons. The summed E-state index contributed by atoms with van der Waals surface area (Å²) < 4.78 is 7.81. The quantitative estimate of drug-likeness (QED) is 0.616. The molecule has 4 rings (SSSR count). The van der Waals surface area contributed by atoms with Gasteiger partial charge in [0.05, 0.1) is 17.6 Å². The van der Waals surface area contributed by atoms with Crippen LogP contribution in [-0.4, -0.2) is 22.9 Å². The molecule has 0 unspecified atom stereocenters. The van der Waals surface area contributed by atoms with Crippen molar-refractivity contribution in [2.45, 2.75) is 13.1 Å². The smallest absolute Gasteiger partial charge is 0.313 e. The van der Waals surface area contributed by atoms with Gasteiger partial charge in [0.25, 0.3) is 5.56 Å². The van der Waals surface area contributed by atoms with Crippen molar-refractivity contribution in [1.29, 1.82) is 0 Å². The van der Waals surface area contributed by atoms with Crippen LogP contribution in [0, 0.1) is 0 Å². The van der Waals surface area contributed by atoms with E-state index in [1.165, 1.54) is 11.3 Å². The number of aromatic nitrogens is 1. The van der Waals surface area contributed by atoms with Crippen LogP contribution < -0.4 is 25.5 Å². The zero-order valence-electron chi connectivity index (χ0n) is 14.7. The molecule has 3 aromatic rings. The Morgan fingerprint density at radius 1 is 1.18 bits per heavy atom. The summed E-state index contributed by atoms with van der Waals surface area (Å²) in [6.07, 6.45) is 1.65. The van der Waals surface area contributed by atoms with E-state index in [0.29, 0.717) is 34.8 Å². The maximum atomic E-state index is 12.3. The van der Waals surface area contributed by atoms with Crippen molar-refractivity contribution in [2.24, 2.45) is 4.99 Å². The summed E-state index contributed by atoms with van der Waals surface area (Å²) >= 11 is 1.32. The van der Waals surface area contributed by atoms with Crippen LogP contribution in [-0.2, 0) is 22.7 Å². The number of fused-ring (bicyclic) bond motifs is 1. The number of rotatable bonds is 4. The van der Waals surface area contributed by atoms with Gasteiger partial charge in [-0.15, -0.1) is 0 Å². The van der Waals surface area contributed by atoms with E-state index in [9.17, 15) is 14.4 Å². The topological polar surface area (TPSA) is 106 Å². The van der Waals surface area contributed by atoms with E-state index in [0.717, 1.165) is 4.80 Å². The zero-order chi connectivity index (χ0) is 19.5. The third-order valence-corrected chi connectivity index (χ3v) is 5.12. The third-order valence-electron chi connectivity index (χ3n) is 4.08. The Kier molecular flexibility index (Phi) is 4.90. The molecule has 1 aliphatic heterocycles. The second-order valence-corrected chi connectivity index (χ2v) is 7.05. The van der Waals surface area contributed by atoms with Crippen molar-refractivity contribution < 1.29 is 14.0 Å². The van der Waals surface area contributed by atoms with Crippen molar-refractivity contribution in [3.05, 3.63) is 73.7 Å². The number of thiazole rings is 1. The van der Waals surface area contributed by atoms with Crippen molar-refractivity contribution in [1.82, 2.24) is 9.88 Å². The fraction of sp³-hybridized carbons (Fsp3) is 0.158. The third kappa shape index (κ3) is 3.79. The summed E-state index contributed by atoms with van der Waals surface area (Å²) in [6, 6.07) is 12.1. The highest BCUT2D eigenvalue weighted by Crippen LogP contribution is 2.09.